The minimum atomic E-state index is 0.149. The van der Waals surface area contributed by atoms with Crippen molar-refractivity contribution in [3.8, 4) is 0 Å². The number of hydrogen-bond donors (Lipinski definition) is 0. The minimum absolute atomic E-state index is 0.149. The average Bonchev–Trinajstić information content (AvgIpc) is 2.21. The van der Waals surface area contributed by atoms with Crippen LogP contribution in [-0.4, -0.2) is 12.7 Å². The SMILES string of the molecule is CCC(CC)CC(CC)(CC)OC. The molecule has 0 amide bonds. The molecular formula is C12H26O. The topological polar surface area (TPSA) is 9.23 Å². The first kappa shape index (κ1) is 13.0. The Morgan fingerprint density at radius 2 is 1.46 bits per heavy atom. The molecule has 0 unspecified atom stereocenters. The second-order valence-electron chi connectivity index (χ2n) is 3.98. The second-order valence-corrected chi connectivity index (χ2v) is 3.98. The van der Waals surface area contributed by atoms with Crippen LogP contribution in [0.25, 0.3) is 0 Å². The quantitative estimate of drug-likeness (QED) is 0.583. The van der Waals surface area contributed by atoms with Crippen LogP contribution in [0.3, 0.4) is 0 Å². The van der Waals surface area contributed by atoms with Gasteiger partial charge in [0.1, 0.15) is 0 Å². The highest BCUT2D eigenvalue weighted by atomic mass is 16.5. The fourth-order valence-electron chi connectivity index (χ4n) is 2.01. The Morgan fingerprint density at radius 3 is 1.69 bits per heavy atom. The normalized spacial score (nSPS) is 12.5. The van der Waals surface area contributed by atoms with Crippen LogP contribution in [-0.2, 0) is 4.74 Å². The smallest absolute Gasteiger partial charge is 0.0676 e. The average molecular weight is 186 g/mol. The van der Waals surface area contributed by atoms with Gasteiger partial charge in [0.2, 0.25) is 0 Å². The summed E-state index contributed by atoms with van der Waals surface area (Å²) in [4.78, 5) is 0. The molecule has 0 aliphatic carbocycles. The molecule has 0 rings (SSSR count). The molecule has 0 heterocycles. The molecule has 0 radical (unpaired) electrons. The summed E-state index contributed by atoms with van der Waals surface area (Å²) in [6.07, 6.45) is 6.06. The van der Waals surface area contributed by atoms with Gasteiger partial charge in [-0.1, -0.05) is 40.5 Å². The van der Waals surface area contributed by atoms with Gasteiger partial charge < -0.3 is 4.74 Å². The summed E-state index contributed by atoms with van der Waals surface area (Å²) >= 11 is 0. The third-order valence-electron chi connectivity index (χ3n) is 3.54. The standard InChI is InChI=1S/C12H26O/c1-6-11(7-2)10-12(8-3,9-4)13-5/h11H,6-10H2,1-5H3. The van der Waals surface area contributed by atoms with Crippen LogP contribution in [0.4, 0.5) is 0 Å². The van der Waals surface area contributed by atoms with Gasteiger partial charge in [-0.2, -0.15) is 0 Å². The second kappa shape index (κ2) is 6.42. The predicted molar refractivity (Wildman–Crippen MR) is 59.0 cm³/mol. The molecule has 80 valence electrons. The lowest BCUT2D eigenvalue weighted by Gasteiger charge is -2.33. The van der Waals surface area contributed by atoms with E-state index in [1.165, 1.54) is 19.3 Å². The monoisotopic (exact) mass is 186 g/mol. The number of hydrogen-bond acceptors (Lipinski definition) is 1. The molecule has 13 heavy (non-hydrogen) atoms. The zero-order chi connectivity index (χ0) is 10.3. The fourth-order valence-corrected chi connectivity index (χ4v) is 2.01. The number of ether oxygens (including phenoxy) is 1. The zero-order valence-electron chi connectivity index (χ0n) is 10.0. The van der Waals surface area contributed by atoms with E-state index in [2.05, 4.69) is 27.7 Å². The van der Waals surface area contributed by atoms with E-state index in [1.54, 1.807) is 0 Å². The highest BCUT2D eigenvalue weighted by Crippen LogP contribution is 2.30. The minimum Gasteiger partial charge on any atom is -0.378 e. The highest BCUT2D eigenvalue weighted by Gasteiger charge is 2.27. The first-order chi connectivity index (χ1) is 6.17. The summed E-state index contributed by atoms with van der Waals surface area (Å²) in [6, 6.07) is 0. The lowest BCUT2D eigenvalue weighted by atomic mass is 9.83. The van der Waals surface area contributed by atoms with Gasteiger partial charge in [-0.3, -0.25) is 0 Å². The van der Waals surface area contributed by atoms with Crippen LogP contribution in [0.1, 0.15) is 59.8 Å². The zero-order valence-corrected chi connectivity index (χ0v) is 10.0. The fraction of sp³-hybridized carbons (Fsp3) is 1.00. The molecule has 1 heteroatoms. The van der Waals surface area contributed by atoms with Gasteiger partial charge in [0.25, 0.3) is 0 Å². The molecular weight excluding hydrogens is 160 g/mol. The van der Waals surface area contributed by atoms with E-state index in [1.807, 2.05) is 7.11 Å². The molecule has 0 aliphatic heterocycles. The van der Waals surface area contributed by atoms with E-state index < -0.39 is 0 Å². The summed E-state index contributed by atoms with van der Waals surface area (Å²) in [5.74, 6) is 0.833. The van der Waals surface area contributed by atoms with Crippen molar-refractivity contribution in [3.63, 3.8) is 0 Å². The van der Waals surface area contributed by atoms with Gasteiger partial charge in [-0.05, 0) is 25.2 Å². The van der Waals surface area contributed by atoms with Crippen molar-refractivity contribution in [2.75, 3.05) is 7.11 Å². The van der Waals surface area contributed by atoms with Crippen LogP contribution < -0.4 is 0 Å². The van der Waals surface area contributed by atoms with Crippen LogP contribution in [0.15, 0.2) is 0 Å². The van der Waals surface area contributed by atoms with Crippen molar-refractivity contribution < 1.29 is 4.74 Å². The molecule has 0 fully saturated rings. The van der Waals surface area contributed by atoms with Crippen molar-refractivity contribution in [2.45, 2.75) is 65.4 Å². The summed E-state index contributed by atoms with van der Waals surface area (Å²) < 4.78 is 5.67. The maximum Gasteiger partial charge on any atom is 0.0676 e. The summed E-state index contributed by atoms with van der Waals surface area (Å²) in [6.45, 7) is 9.02. The molecule has 0 N–H and O–H groups in total. The molecule has 0 spiro atoms. The number of rotatable bonds is 7. The Kier molecular flexibility index (Phi) is 6.40. The van der Waals surface area contributed by atoms with Crippen LogP contribution in [0, 0.1) is 5.92 Å². The van der Waals surface area contributed by atoms with Crippen molar-refractivity contribution in [3.05, 3.63) is 0 Å². The van der Waals surface area contributed by atoms with E-state index in [-0.39, 0.29) is 5.60 Å². The van der Waals surface area contributed by atoms with Crippen LogP contribution >= 0.6 is 0 Å². The van der Waals surface area contributed by atoms with Gasteiger partial charge in [-0.15, -0.1) is 0 Å². The summed E-state index contributed by atoms with van der Waals surface area (Å²) in [5, 5.41) is 0. The molecule has 0 saturated heterocycles. The van der Waals surface area contributed by atoms with Gasteiger partial charge in [0.15, 0.2) is 0 Å². The van der Waals surface area contributed by atoms with Gasteiger partial charge in [-0.25, -0.2) is 0 Å². The first-order valence-corrected chi connectivity index (χ1v) is 5.73. The lowest BCUT2D eigenvalue weighted by Crippen LogP contribution is -2.32. The Hall–Kier alpha value is -0.0400. The van der Waals surface area contributed by atoms with Crippen molar-refractivity contribution in [1.29, 1.82) is 0 Å². The molecule has 0 bridgehead atoms. The van der Waals surface area contributed by atoms with Crippen LogP contribution in [0.2, 0.25) is 0 Å². The highest BCUT2D eigenvalue weighted by molar-refractivity contribution is 4.80. The molecule has 1 nitrogen and oxygen atoms in total. The summed E-state index contributed by atoms with van der Waals surface area (Å²) in [5.41, 5.74) is 0.149. The first-order valence-electron chi connectivity index (χ1n) is 5.73. The van der Waals surface area contributed by atoms with E-state index >= 15 is 0 Å². The van der Waals surface area contributed by atoms with Gasteiger partial charge >= 0.3 is 0 Å². The molecule has 0 aromatic rings. The van der Waals surface area contributed by atoms with E-state index in [0.29, 0.717) is 0 Å². The molecule has 0 atom stereocenters. The van der Waals surface area contributed by atoms with Crippen molar-refractivity contribution in [2.24, 2.45) is 5.92 Å². The van der Waals surface area contributed by atoms with Crippen molar-refractivity contribution in [1.82, 2.24) is 0 Å². The van der Waals surface area contributed by atoms with Gasteiger partial charge in [0.05, 0.1) is 5.60 Å². The Morgan fingerprint density at radius 1 is 1.00 bits per heavy atom. The third-order valence-corrected chi connectivity index (χ3v) is 3.54. The predicted octanol–water partition coefficient (Wildman–Crippen LogP) is 4.02. The lowest BCUT2D eigenvalue weighted by molar-refractivity contribution is -0.0365. The Balaban J connectivity index is 4.21. The Bertz CT molecular complexity index is 104. The van der Waals surface area contributed by atoms with Crippen LogP contribution in [0.5, 0.6) is 0 Å². The van der Waals surface area contributed by atoms with Crippen molar-refractivity contribution >= 4 is 0 Å². The molecule has 0 aromatic heterocycles. The van der Waals surface area contributed by atoms with Gasteiger partial charge in [0, 0.05) is 7.11 Å². The van der Waals surface area contributed by atoms with E-state index in [0.717, 1.165) is 18.8 Å². The molecule has 0 aromatic carbocycles. The number of methoxy groups -OCH3 is 1. The maximum absolute atomic E-state index is 5.67. The third kappa shape index (κ3) is 3.68. The Labute approximate surface area is 83.9 Å². The summed E-state index contributed by atoms with van der Waals surface area (Å²) in [7, 11) is 1.86. The maximum atomic E-state index is 5.67. The largest absolute Gasteiger partial charge is 0.378 e. The van der Waals surface area contributed by atoms with E-state index in [4.69, 9.17) is 4.74 Å². The molecule has 0 aliphatic rings. The van der Waals surface area contributed by atoms with E-state index in [9.17, 15) is 0 Å². The molecule has 0 saturated carbocycles.